The molecule has 0 aliphatic carbocycles. The topological polar surface area (TPSA) is 29.1 Å². The summed E-state index contributed by atoms with van der Waals surface area (Å²) in [6, 6.07) is 21.1. The van der Waals surface area contributed by atoms with Crippen LogP contribution in [0, 0.1) is 5.92 Å². The third-order valence-electron chi connectivity index (χ3n) is 5.58. The number of ketones is 1. The second kappa shape index (κ2) is 9.68. The van der Waals surface area contributed by atoms with Crippen LogP contribution in [0.3, 0.4) is 0 Å². The van der Waals surface area contributed by atoms with Gasteiger partial charge in [-0.2, -0.15) is 0 Å². The Kier molecular flexibility index (Phi) is 7.02. The molecule has 3 atom stereocenters. The minimum atomic E-state index is 0.0963. The number of unbranched alkanes of at least 4 members (excludes halogenated alkanes) is 4. The predicted octanol–water partition coefficient (Wildman–Crippen LogP) is 6.01. The molecule has 2 heteroatoms. The fourth-order valence-electron chi connectivity index (χ4n) is 4.11. The monoisotopic (exact) mass is 349 g/mol. The zero-order chi connectivity index (χ0) is 18.2. The molecule has 1 aliphatic heterocycles. The smallest absolute Gasteiger partial charge is 0.139 e. The summed E-state index contributed by atoms with van der Waals surface area (Å²) in [6.07, 6.45) is 7.83. The number of benzene rings is 2. The molecule has 0 unspecified atom stereocenters. The van der Waals surface area contributed by atoms with Gasteiger partial charge in [-0.25, -0.2) is 0 Å². The van der Waals surface area contributed by atoms with Crippen molar-refractivity contribution in [1.82, 2.24) is 5.32 Å². The number of nitrogens with one attached hydrogen (secondary N) is 1. The highest BCUT2D eigenvalue weighted by atomic mass is 16.1. The number of hydrogen-bond acceptors (Lipinski definition) is 2. The molecule has 1 fully saturated rings. The summed E-state index contributed by atoms with van der Waals surface area (Å²) in [5, 5.41) is 3.80. The maximum absolute atomic E-state index is 13.0. The Balaban J connectivity index is 1.74. The van der Waals surface area contributed by atoms with E-state index in [1.807, 2.05) is 12.1 Å². The van der Waals surface area contributed by atoms with Crippen molar-refractivity contribution < 1.29 is 4.79 Å². The largest absolute Gasteiger partial charge is 0.302 e. The Labute approximate surface area is 158 Å². The molecule has 0 spiro atoms. The fourth-order valence-corrected chi connectivity index (χ4v) is 4.11. The van der Waals surface area contributed by atoms with Crippen molar-refractivity contribution in [3.63, 3.8) is 0 Å². The maximum atomic E-state index is 13.0. The highest BCUT2D eigenvalue weighted by molar-refractivity contribution is 5.83. The lowest BCUT2D eigenvalue weighted by atomic mass is 9.78. The lowest BCUT2D eigenvalue weighted by Gasteiger charge is -2.37. The highest BCUT2D eigenvalue weighted by Gasteiger charge is 2.36. The molecule has 0 aromatic heterocycles. The summed E-state index contributed by atoms with van der Waals surface area (Å²) >= 11 is 0. The van der Waals surface area contributed by atoms with Crippen LogP contribution in [0.15, 0.2) is 60.7 Å². The number of rotatable bonds is 8. The molecule has 1 aliphatic rings. The summed E-state index contributed by atoms with van der Waals surface area (Å²) in [5.41, 5.74) is 2.45. The van der Waals surface area contributed by atoms with Crippen LogP contribution < -0.4 is 5.32 Å². The Morgan fingerprint density at radius 2 is 1.46 bits per heavy atom. The number of Topliss-reactive ketones (excluding diaryl/α,β-unsaturated/α-hetero) is 1. The van der Waals surface area contributed by atoms with Gasteiger partial charge in [0.1, 0.15) is 5.78 Å². The van der Waals surface area contributed by atoms with E-state index in [-0.39, 0.29) is 18.0 Å². The van der Waals surface area contributed by atoms with E-state index < -0.39 is 0 Å². The van der Waals surface area contributed by atoms with Gasteiger partial charge < -0.3 is 5.32 Å². The Bertz CT molecular complexity index is 667. The van der Waals surface area contributed by atoms with Crippen LogP contribution in [0.5, 0.6) is 0 Å². The summed E-state index contributed by atoms with van der Waals surface area (Å²) in [7, 11) is 0. The van der Waals surface area contributed by atoms with Crippen molar-refractivity contribution >= 4 is 5.78 Å². The molecule has 0 saturated carbocycles. The van der Waals surface area contributed by atoms with Crippen molar-refractivity contribution in [1.29, 1.82) is 0 Å². The van der Waals surface area contributed by atoms with Crippen LogP contribution >= 0.6 is 0 Å². The minimum Gasteiger partial charge on any atom is -0.302 e. The van der Waals surface area contributed by atoms with E-state index >= 15 is 0 Å². The zero-order valence-electron chi connectivity index (χ0n) is 15.9. The standard InChI is InChI=1S/C24H31NO/c1-2-3-4-5-12-17-21-23(26)18-22(19-13-8-6-9-14-19)25-24(21)20-15-10-7-11-16-20/h6-11,13-16,21-22,24-25H,2-5,12,17-18H2,1H3/t21-,22+,24-/m1/s1. The molecule has 2 aromatic carbocycles. The van der Waals surface area contributed by atoms with Crippen molar-refractivity contribution in [3.05, 3.63) is 71.8 Å². The van der Waals surface area contributed by atoms with E-state index in [1.54, 1.807) is 0 Å². The molecular weight excluding hydrogens is 318 g/mol. The molecular formula is C24H31NO. The van der Waals surface area contributed by atoms with Crippen molar-refractivity contribution in [2.45, 2.75) is 64.0 Å². The van der Waals surface area contributed by atoms with E-state index in [0.717, 1.165) is 12.8 Å². The van der Waals surface area contributed by atoms with Crippen LogP contribution in [-0.4, -0.2) is 5.78 Å². The Morgan fingerprint density at radius 3 is 2.12 bits per heavy atom. The zero-order valence-corrected chi connectivity index (χ0v) is 15.9. The average Bonchev–Trinajstić information content (AvgIpc) is 2.70. The van der Waals surface area contributed by atoms with Crippen LogP contribution in [-0.2, 0) is 4.79 Å². The first-order chi connectivity index (χ1) is 12.8. The molecule has 1 heterocycles. The summed E-state index contributed by atoms with van der Waals surface area (Å²) in [5.74, 6) is 0.515. The molecule has 0 radical (unpaired) electrons. The lowest BCUT2D eigenvalue weighted by molar-refractivity contribution is -0.127. The van der Waals surface area contributed by atoms with Gasteiger partial charge in [0.25, 0.3) is 0 Å². The van der Waals surface area contributed by atoms with Crippen LogP contribution in [0.2, 0.25) is 0 Å². The summed E-state index contributed by atoms with van der Waals surface area (Å²) < 4.78 is 0. The third-order valence-corrected chi connectivity index (χ3v) is 5.58. The van der Waals surface area contributed by atoms with Gasteiger partial charge in [-0.3, -0.25) is 4.79 Å². The molecule has 1 saturated heterocycles. The molecule has 0 amide bonds. The summed E-state index contributed by atoms with van der Waals surface area (Å²) in [4.78, 5) is 13.0. The quantitative estimate of drug-likeness (QED) is 0.591. The third kappa shape index (κ3) is 4.82. The van der Waals surface area contributed by atoms with Crippen molar-refractivity contribution in [2.75, 3.05) is 0 Å². The lowest BCUT2D eigenvalue weighted by Crippen LogP contribution is -2.42. The Hall–Kier alpha value is -1.93. The predicted molar refractivity (Wildman–Crippen MR) is 108 cm³/mol. The first-order valence-electron chi connectivity index (χ1n) is 10.2. The van der Waals surface area contributed by atoms with Gasteiger partial charge >= 0.3 is 0 Å². The SMILES string of the molecule is CCCCCCC[C@@H]1C(=O)C[C@@H](c2ccccc2)N[C@@H]1c1ccccc1. The van der Waals surface area contributed by atoms with Gasteiger partial charge in [0.2, 0.25) is 0 Å². The Morgan fingerprint density at radius 1 is 0.846 bits per heavy atom. The maximum Gasteiger partial charge on any atom is 0.139 e. The summed E-state index contributed by atoms with van der Waals surface area (Å²) in [6.45, 7) is 2.24. The van der Waals surface area contributed by atoms with Gasteiger partial charge in [0.15, 0.2) is 0 Å². The second-order valence-corrected chi connectivity index (χ2v) is 7.50. The van der Waals surface area contributed by atoms with Gasteiger partial charge in [0.05, 0.1) is 0 Å². The van der Waals surface area contributed by atoms with Crippen LogP contribution in [0.1, 0.15) is 75.1 Å². The number of carbonyl (C=O) groups is 1. The number of piperidine rings is 1. The van der Waals surface area contributed by atoms with Gasteiger partial charge in [-0.05, 0) is 17.5 Å². The number of hydrogen-bond donors (Lipinski definition) is 1. The molecule has 2 nitrogen and oxygen atoms in total. The fraction of sp³-hybridized carbons (Fsp3) is 0.458. The highest BCUT2D eigenvalue weighted by Crippen LogP contribution is 2.37. The number of carbonyl (C=O) groups excluding carboxylic acids is 1. The van der Waals surface area contributed by atoms with Gasteiger partial charge in [0, 0.05) is 24.4 Å². The first kappa shape index (κ1) is 18.8. The minimum absolute atomic E-state index is 0.0963. The normalized spacial score (nSPS) is 23.1. The first-order valence-corrected chi connectivity index (χ1v) is 10.2. The molecule has 26 heavy (non-hydrogen) atoms. The molecule has 2 aromatic rings. The van der Waals surface area contributed by atoms with E-state index in [4.69, 9.17) is 0 Å². The molecule has 138 valence electrons. The second-order valence-electron chi connectivity index (χ2n) is 7.50. The molecule has 3 rings (SSSR count). The van der Waals surface area contributed by atoms with Crippen LogP contribution in [0.25, 0.3) is 0 Å². The molecule has 0 bridgehead atoms. The molecule has 1 N–H and O–H groups in total. The van der Waals surface area contributed by atoms with E-state index in [2.05, 4.69) is 60.8 Å². The average molecular weight is 350 g/mol. The van der Waals surface area contributed by atoms with Crippen molar-refractivity contribution in [2.24, 2.45) is 5.92 Å². The van der Waals surface area contributed by atoms with Crippen LogP contribution in [0.4, 0.5) is 0 Å². The van der Waals surface area contributed by atoms with E-state index in [0.29, 0.717) is 12.2 Å². The van der Waals surface area contributed by atoms with Crippen molar-refractivity contribution in [3.8, 4) is 0 Å². The van der Waals surface area contributed by atoms with Gasteiger partial charge in [-0.15, -0.1) is 0 Å². The van der Waals surface area contributed by atoms with E-state index in [1.165, 1.54) is 36.8 Å². The van der Waals surface area contributed by atoms with Gasteiger partial charge in [-0.1, -0.05) is 99.7 Å². The van der Waals surface area contributed by atoms with E-state index in [9.17, 15) is 4.79 Å².